The molecule has 7 nitrogen and oxygen atoms in total. The number of benzene rings is 1. The lowest BCUT2D eigenvalue weighted by Gasteiger charge is -2.14. The minimum absolute atomic E-state index is 0.0987. The number of nitrogens with zero attached hydrogens (tertiary/aromatic N) is 1. The van der Waals surface area contributed by atoms with E-state index in [1.54, 1.807) is 24.3 Å². The lowest BCUT2D eigenvalue weighted by Crippen LogP contribution is -2.36. The molecule has 0 saturated carbocycles. The van der Waals surface area contributed by atoms with Crippen LogP contribution in [0.2, 0.25) is 10.0 Å². The molecule has 9 heteroatoms. The van der Waals surface area contributed by atoms with Crippen LogP contribution < -0.4 is 10.6 Å². The van der Waals surface area contributed by atoms with E-state index in [0.29, 0.717) is 10.6 Å². The van der Waals surface area contributed by atoms with Gasteiger partial charge in [-0.05, 0) is 32.0 Å². The average molecular weight is 410 g/mol. The molecular weight excluding hydrogens is 393 g/mol. The molecule has 0 fully saturated rings. The maximum atomic E-state index is 12.1. The number of aryl methyl sites for hydroxylation is 1. The largest absolute Gasteiger partial charge is 0.451 e. The zero-order valence-corrected chi connectivity index (χ0v) is 16.1. The first-order chi connectivity index (χ1) is 12.8. The Bertz CT molecular complexity index is 856. The molecule has 1 atom stereocenters. The van der Waals surface area contributed by atoms with Gasteiger partial charge in [0.25, 0.3) is 11.8 Å². The molecule has 2 amide bonds. The van der Waals surface area contributed by atoms with Crippen LogP contribution in [-0.4, -0.2) is 35.4 Å². The highest BCUT2D eigenvalue weighted by Crippen LogP contribution is 2.22. The van der Waals surface area contributed by atoms with Crippen molar-refractivity contribution in [1.82, 2.24) is 10.3 Å². The minimum Gasteiger partial charge on any atom is -0.451 e. The highest BCUT2D eigenvalue weighted by Gasteiger charge is 2.20. The Labute approximate surface area is 166 Å². The van der Waals surface area contributed by atoms with Crippen molar-refractivity contribution in [3.63, 3.8) is 0 Å². The number of nitrogens with one attached hydrogen (secondary N) is 2. The molecular formula is C18H17Cl2N3O4. The van der Waals surface area contributed by atoms with Crippen LogP contribution >= 0.6 is 23.2 Å². The highest BCUT2D eigenvalue weighted by atomic mass is 35.5. The Morgan fingerprint density at radius 2 is 1.85 bits per heavy atom. The molecule has 2 N–H and O–H groups in total. The maximum absolute atomic E-state index is 12.1. The van der Waals surface area contributed by atoms with Gasteiger partial charge >= 0.3 is 5.97 Å². The van der Waals surface area contributed by atoms with Crippen LogP contribution in [0.15, 0.2) is 36.5 Å². The predicted octanol–water partition coefficient (Wildman–Crippen LogP) is 3.00. The fourth-order valence-electron chi connectivity index (χ4n) is 1.98. The van der Waals surface area contributed by atoms with E-state index in [1.807, 2.05) is 6.92 Å². The molecule has 1 aromatic carbocycles. The SMILES string of the molecule is Cc1ccc(C(=O)NCC(=O)O[C@@H](C)C(=O)Nc2ncc(Cl)cc2Cl)cc1. The number of anilines is 1. The second kappa shape index (κ2) is 9.34. The zero-order valence-electron chi connectivity index (χ0n) is 14.6. The first-order valence-electron chi connectivity index (χ1n) is 7.92. The quantitative estimate of drug-likeness (QED) is 0.714. The van der Waals surface area contributed by atoms with Crippen molar-refractivity contribution < 1.29 is 19.1 Å². The summed E-state index contributed by atoms with van der Waals surface area (Å²) >= 11 is 11.7. The fourth-order valence-corrected chi connectivity index (χ4v) is 2.40. The molecule has 0 aliphatic rings. The molecule has 0 spiro atoms. The van der Waals surface area contributed by atoms with Crippen molar-refractivity contribution in [3.8, 4) is 0 Å². The summed E-state index contributed by atoms with van der Waals surface area (Å²) in [6.07, 6.45) is 0.211. The third-order valence-electron chi connectivity index (χ3n) is 3.43. The second-order valence-electron chi connectivity index (χ2n) is 5.65. The van der Waals surface area contributed by atoms with Crippen LogP contribution in [0, 0.1) is 6.92 Å². The molecule has 2 rings (SSSR count). The summed E-state index contributed by atoms with van der Waals surface area (Å²) in [4.78, 5) is 39.7. The number of rotatable bonds is 6. The molecule has 27 heavy (non-hydrogen) atoms. The highest BCUT2D eigenvalue weighted by molar-refractivity contribution is 6.36. The first-order valence-corrected chi connectivity index (χ1v) is 8.68. The Kier molecular flexibility index (Phi) is 7.15. The summed E-state index contributed by atoms with van der Waals surface area (Å²) in [6.45, 7) is 2.92. The average Bonchev–Trinajstić information content (AvgIpc) is 2.62. The standard InChI is InChI=1S/C18H17Cl2N3O4/c1-10-3-5-12(6-4-10)18(26)22-9-15(24)27-11(2)17(25)23-16-14(20)7-13(19)8-21-16/h3-8,11H,9H2,1-2H3,(H,22,26)(H,21,23,25)/t11-/m0/s1. The van der Waals surface area contributed by atoms with Crippen LogP contribution in [0.5, 0.6) is 0 Å². The summed E-state index contributed by atoms with van der Waals surface area (Å²) < 4.78 is 4.99. The van der Waals surface area contributed by atoms with E-state index in [1.165, 1.54) is 19.2 Å². The van der Waals surface area contributed by atoms with Crippen LogP contribution in [-0.2, 0) is 14.3 Å². The number of amides is 2. The number of hydrogen-bond acceptors (Lipinski definition) is 5. The van der Waals surface area contributed by atoms with Gasteiger partial charge in [0, 0.05) is 11.8 Å². The Morgan fingerprint density at radius 1 is 1.19 bits per heavy atom. The van der Waals surface area contributed by atoms with Gasteiger partial charge < -0.3 is 15.4 Å². The van der Waals surface area contributed by atoms with Crippen molar-refractivity contribution in [2.24, 2.45) is 0 Å². The Balaban J connectivity index is 1.82. The normalized spacial score (nSPS) is 11.4. The van der Waals surface area contributed by atoms with Crippen molar-refractivity contribution >= 4 is 46.8 Å². The second-order valence-corrected chi connectivity index (χ2v) is 6.50. The third-order valence-corrected chi connectivity index (χ3v) is 3.93. The monoisotopic (exact) mass is 409 g/mol. The minimum atomic E-state index is -1.11. The van der Waals surface area contributed by atoms with Crippen LogP contribution in [0.4, 0.5) is 5.82 Å². The van der Waals surface area contributed by atoms with Crippen LogP contribution in [0.3, 0.4) is 0 Å². The topological polar surface area (TPSA) is 97.4 Å². The molecule has 0 radical (unpaired) electrons. The van der Waals surface area contributed by atoms with Gasteiger partial charge in [0.2, 0.25) is 0 Å². The molecule has 0 bridgehead atoms. The van der Waals surface area contributed by atoms with E-state index in [-0.39, 0.29) is 17.4 Å². The summed E-state index contributed by atoms with van der Waals surface area (Å²) in [7, 11) is 0. The summed E-state index contributed by atoms with van der Waals surface area (Å²) in [6, 6.07) is 8.29. The number of pyridine rings is 1. The third kappa shape index (κ3) is 6.23. The van der Waals surface area contributed by atoms with E-state index in [4.69, 9.17) is 27.9 Å². The molecule has 0 saturated heterocycles. The van der Waals surface area contributed by atoms with Gasteiger partial charge in [0.15, 0.2) is 11.9 Å². The van der Waals surface area contributed by atoms with Gasteiger partial charge in [-0.3, -0.25) is 14.4 Å². The van der Waals surface area contributed by atoms with Gasteiger partial charge in [0.1, 0.15) is 6.54 Å². The van der Waals surface area contributed by atoms with E-state index in [0.717, 1.165) is 5.56 Å². The molecule has 2 aromatic rings. The van der Waals surface area contributed by atoms with Gasteiger partial charge in [0.05, 0.1) is 10.0 Å². The maximum Gasteiger partial charge on any atom is 0.326 e. The molecule has 0 aliphatic carbocycles. The van der Waals surface area contributed by atoms with Crippen molar-refractivity contribution in [3.05, 3.63) is 57.7 Å². The molecule has 0 aliphatic heterocycles. The summed E-state index contributed by atoms with van der Waals surface area (Å²) in [5, 5.41) is 5.34. The number of carbonyl (C=O) groups is 3. The molecule has 1 aromatic heterocycles. The van der Waals surface area contributed by atoms with Gasteiger partial charge in [-0.2, -0.15) is 0 Å². The van der Waals surface area contributed by atoms with E-state index in [9.17, 15) is 14.4 Å². The van der Waals surface area contributed by atoms with E-state index >= 15 is 0 Å². The van der Waals surface area contributed by atoms with Gasteiger partial charge in [-0.1, -0.05) is 40.9 Å². The lowest BCUT2D eigenvalue weighted by atomic mass is 10.1. The van der Waals surface area contributed by atoms with Gasteiger partial charge in [-0.25, -0.2) is 4.98 Å². The summed E-state index contributed by atoms with van der Waals surface area (Å²) in [5.41, 5.74) is 1.43. The van der Waals surface area contributed by atoms with E-state index in [2.05, 4.69) is 15.6 Å². The molecule has 1 heterocycles. The molecule has 142 valence electrons. The number of carbonyl (C=O) groups excluding carboxylic acids is 3. The van der Waals surface area contributed by atoms with Crippen LogP contribution in [0.25, 0.3) is 0 Å². The number of ether oxygens (including phenoxy) is 1. The number of esters is 1. The zero-order chi connectivity index (χ0) is 20.0. The molecule has 0 unspecified atom stereocenters. The number of halogens is 2. The Morgan fingerprint density at radius 3 is 2.48 bits per heavy atom. The fraction of sp³-hybridized carbons (Fsp3) is 0.222. The first kappa shape index (κ1) is 20.7. The lowest BCUT2D eigenvalue weighted by molar-refractivity contribution is -0.152. The van der Waals surface area contributed by atoms with Gasteiger partial charge in [-0.15, -0.1) is 0 Å². The number of hydrogen-bond donors (Lipinski definition) is 2. The van der Waals surface area contributed by atoms with Crippen molar-refractivity contribution in [1.29, 1.82) is 0 Å². The van der Waals surface area contributed by atoms with Crippen molar-refractivity contribution in [2.75, 3.05) is 11.9 Å². The smallest absolute Gasteiger partial charge is 0.326 e. The summed E-state index contributed by atoms with van der Waals surface area (Å²) in [5.74, 6) is -1.69. The number of aromatic nitrogens is 1. The van der Waals surface area contributed by atoms with E-state index < -0.39 is 23.9 Å². The predicted molar refractivity (Wildman–Crippen MR) is 102 cm³/mol. The Hall–Kier alpha value is -2.64. The van der Waals surface area contributed by atoms with Crippen LogP contribution in [0.1, 0.15) is 22.8 Å². The van der Waals surface area contributed by atoms with Crippen molar-refractivity contribution in [2.45, 2.75) is 20.0 Å².